The Hall–Kier alpha value is -2.84. The summed E-state index contributed by atoms with van der Waals surface area (Å²) in [4.78, 5) is 24.1. The number of benzene rings is 1. The Morgan fingerprint density at radius 1 is 1.33 bits per heavy atom. The molecule has 0 aliphatic carbocycles. The lowest BCUT2D eigenvalue weighted by molar-refractivity contribution is -0.125. The molecule has 2 rings (SSSR count). The van der Waals surface area contributed by atoms with E-state index in [1.165, 1.54) is 12.1 Å². The number of halogens is 1. The molecule has 0 saturated heterocycles. The Morgan fingerprint density at radius 2 is 2.00 bits per heavy atom. The molecule has 0 bridgehead atoms. The topological polar surface area (TPSA) is 106 Å². The van der Waals surface area contributed by atoms with Crippen LogP contribution in [0.4, 0.5) is 4.39 Å². The molecular formula is C19H19FN4O2S. The minimum atomic E-state index is -0.957. The molecule has 1 aliphatic heterocycles. The standard InChI is InChI=1S/C19H19FN4O2S/c1-19(2)14(9-21)17(26)24-18(15(19)10-22)27-11-16(25)23-8-7-12-3-5-13(20)6-4-12/h3-6,14H,7-8,11H2,1-2H3,(H,23,25)(H,24,26)/t14-/m1/s1. The fourth-order valence-corrected chi connectivity index (χ4v) is 3.72. The SMILES string of the molecule is CC1(C)C(C#N)=C(SCC(=O)NCCc2ccc(F)cc2)NC(=O)[C@H]1C#N. The van der Waals surface area contributed by atoms with Crippen molar-refractivity contribution in [1.82, 2.24) is 10.6 Å². The third-order valence-electron chi connectivity index (χ3n) is 4.33. The van der Waals surface area contributed by atoms with Gasteiger partial charge in [0.05, 0.1) is 28.5 Å². The van der Waals surface area contributed by atoms with Gasteiger partial charge in [0.1, 0.15) is 11.7 Å². The van der Waals surface area contributed by atoms with E-state index >= 15 is 0 Å². The third-order valence-corrected chi connectivity index (χ3v) is 5.33. The largest absolute Gasteiger partial charge is 0.355 e. The smallest absolute Gasteiger partial charge is 0.243 e. The third kappa shape index (κ3) is 4.87. The second-order valence-corrected chi connectivity index (χ2v) is 7.59. The summed E-state index contributed by atoms with van der Waals surface area (Å²) < 4.78 is 12.9. The first-order valence-corrected chi connectivity index (χ1v) is 9.27. The van der Waals surface area contributed by atoms with Crippen LogP contribution in [0.15, 0.2) is 34.9 Å². The first-order chi connectivity index (χ1) is 12.8. The maximum Gasteiger partial charge on any atom is 0.243 e. The van der Waals surface area contributed by atoms with Crippen LogP contribution in [0.5, 0.6) is 0 Å². The molecule has 0 aromatic heterocycles. The zero-order chi connectivity index (χ0) is 20.0. The number of carbonyl (C=O) groups is 2. The lowest BCUT2D eigenvalue weighted by atomic mass is 9.72. The summed E-state index contributed by atoms with van der Waals surface area (Å²) in [5.74, 6) is -1.96. The van der Waals surface area contributed by atoms with Gasteiger partial charge < -0.3 is 10.6 Å². The number of allylic oxidation sites excluding steroid dienone is 1. The fraction of sp³-hybridized carbons (Fsp3) is 0.368. The fourth-order valence-electron chi connectivity index (χ4n) is 2.72. The van der Waals surface area contributed by atoms with E-state index in [4.69, 9.17) is 0 Å². The molecule has 2 amide bonds. The molecule has 8 heteroatoms. The molecule has 1 aromatic carbocycles. The lowest BCUT2D eigenvalue weighted by Gasteiger charge is -2.34. The molecule has 1 heterocycles. The predicted molar refractivity (Wildman–Crippen MR) is 99.2 cm³/mol. The summed E-state index contributed by atoms with van der Waals surface area (Å²) in [6.45, 7) is 3.73. The first kappa shape index (κ1) is 20.5. The summed E-state index contributed by atoms with van der Waals surface area (Å²) in [5, 5.41) is 24.2. The van der Waals surface area contributed by atoms with Gasteiger partial charge in [0.2, 0.25) is 11.8 Å². The quantitative estimate of drug-likeness (QED) is 0.780. The van der Waals surface area contributed by atoms with Crippen LogP contribution in [0.2, 0.25) is 0 Å². The summed E-state index contributed by atoms with van der Waals surface area (Å²) in [6, 6.07) is 10.0. The molecule has 0 saturated carbocycles. The highest BCUT2D eigenvalue weighted by molar-refractivity contribution is 8.03. The highest BCUT2D eigenvalue weighted by Crippen LogP contribution is 2.41. The van der Waals surface area contributed by atoms with Crippen molar-refractivity contribution in [3.8, 4) is 12.1 Å². The summed E-state index contributed by atoms with van der Waals surface area (Å²) in [7, 11) is 0. The number of hydrogen-bond acceptors (Lipinski definition) is 5. The number of nitrogens with zero attached hydrogens (tertiary/aromatic N) is 2. The monoisotopic (exact) mass is 386 g/mol. The molecule has 1 aliphatic rings. The Labute approximate surface area is 161 Å². The number of carbonyl (C=O) groups excluding carboxylic acids is 2. The zero-order valence-electron chi connectivity index (χ0n) is 15.0. The van der Waals surface area contributed by atoms with Crippen LogP contribution in [0.1, 0.15) is 19.4 Å². The number of amides is 2. The maximum absolute atomic E-state index is 12.9. The average Bonchev–Trinajstić information content (AvgIpc) is 2.61. The molecule has 2 N–H and O–H groups in total. The van der Waals surface area contributed by atoms with Crippen LogP contribution in [0.25, 0.3) is 0 Å². The van der Waals surface area contributed by atoms with E-state index in [2.05, 4.69) is 16.7 Å². The van der Waals surface area contributed by atoms with Crippen LogP contribution in [-0.2, 0) is 16.0 Å². The van der Waals surface area contributed by atoms with Crippen LogP contribution < -0.4 is 10.6 Å². The van der Waals surface area contributed by atoms with Gasteiger partial charge in [-0.15, -0.1) is 0 Å². The summed E-state index contributed by atoms with van der Waals surface area (Å²) >= 11 is 1.06. The minimum Gasteiger partial charge on any atom is -0.355 e. The summed E-state index contributed by atoms with van der Waals surface area (Å²) in [5.41, 5.74) is 0.271. The average molecular weight is 386 g/mol. The van der Waals surface area contributed by atoms with Crippen molar-refractivity contribution in [3.63, 3.8) is 0 Å². The number of rotatable bonds is 6. The number of thioether (sulfide) groups is 1. The van der Waals surface area contributed by atoms with Crippen molar-refractivity contribution in [2.24, 2.45) is 11.3 Å². The molecule has 0 spiro atoms. The van der Waals surface area contributed by atoms with E-state index in [0.717, 1.165) is 17.3 Å². The maximum atomic E-state index is 12.9. The van der Waals surface area contributed by atoms with Crippen molar-refractivity contribution >= 4 is 23.6 Å². The van der Waals surface area contributed by atoms with Crippen molar-refractivity contribution < 1.29 is 14.0 Å². The molecule has 1 aromatic rings. The Bertz CT molecular complexity index is 850. The highest BCUT2D eigenvalue weighted by Gasteiger charge is 2.44. The van der Waals surface area contributed by atoms with E-state index in [9.17, 15) is 24.5 Å². The van der Waals surface area contributed by atoms with Gasteiger partial charge in [-0.3, -0.25) is 9.59 Å². The van der Waals surface area contributed by atoms with Crippen molar-refractivity contribution in [1.29, 1.82) is 10.5 Å². The van der Waals surface area contributed by atoms with Crippen LogP contribution >= 0.6 is 11.8 Å². The highest BCUT2D eigenvalue weighted by atomic mass is 32.2. The van der Waals surface area contributed by atoms with Gasteiger partial charge in [-0.2, -0.15) is 10.5 Å². The second-order valence-electron chi connectivity index (χ2n) is 6.60. The van der Waals surface area contributed by atoms with E-state index in [0.29, 0.717) is 18.0 Å². The Morgan fingerprint density at radius 3 is 2.59 bits per heavy atom. The van der Waals surface area contributed by atoms with Gasteiger partial charge in [0.25, 0.3) is 0 Å². The summed E-state index contributed by atoms with van der Waals surface area (Å²) in [6.07, 6.45) is 0.566. The van der Waals surface area contributed by atoms with Crippen molar-refractivity contribution in [3.05, 3.63) is 46.2 Å². The number of nitrogens with one attached hydrogen (secondary N) is 2. The van der Waals surface area contributed by atoms with Gasteiger partial charge in [-0.1, -0.05) is 37.7 Å². The van der Waals surface area contributed by atoms with Gasteiger partial charge in [0.15, 0.2) is 0 Å². The molecule has 0 fully saturated rings. The number of nitriles is 2. The molecule has 1 atom stereocenters. The van der Waals surface area contributed by atoms with Gasteiger partial charge in [-0.25, -0.2) is 4.39 Å². The normalized spacial score (nSPS) is 18.3. The first-order valence-electron chi connectivity index (χ1n) is 8.29. The van der Waals surface area contributed by atoms with E-state index in [-0.39, 0.29) is 23.1 Å². The Balaban J connectivity index is 1.92. The van der Waals surface area contributed by atoms with Crippen LogP contribution in [-0.4, -0.2) is 24.1 Å². The van der Waals surface area contributed by atoms with Crippen LogP contribution in [0, 0.1) is 39.8 Å². The van der Waals surface area contributed by atoms with Crippen molar-refractivity contribution in [2.45, 2.75) is 20.3 Å². The van der Waals surface area contributed by atoms with E-state index in [1.54, 1.807) is 26.0 Å². The van der Waals surface area contributed by atoms with Crippen molar-refractivity contribution in [2.75, 3.05) is 12.3 Å². The molecule has 27 heavy (non-hydrogen) atoms. The van der Waals surface area contributed by atoms with E-state index < -0.39 is 17.2 Å². The van der Waals surface area contributed by atoms with E-state index in [1.807, 2.05) is 6.07 Å². The van der Waals surface area contributed by atoms with Gasteiger partial charge >= 0.3 is 0 Å². The number of hydrogen-bond donors (Lipinski definition) is 2. The molecule has 6 nitrogen and oxygen atoms in total. The van der Waals surface area contributed by atoms with Crippen LogP contribution in [0.3, 0.4) is 0 Å². The van der Waals surface area contributed by atoms with Gasteiger partial charge in [0, 0.05) is 12.0 Å². The van der Waals surface area contributed by atoms with Gasteiger partial charge in [-0.05, 0) is 24.1 Å². The minimum absolute atomic E-state index is 0.0253. The molecule has 140 valence electrons. The molecule has 0 unspecified atom stereocenters. The zero-order valence-corrected chi connectivity index (χ0v) is 15.8. The molecular weight excluding hydrogens is 367 g/mol. The predicted octanol–water partition coefficient (Wildman–Crippen LogP) is 2.25. The second kappa shape index (κ2) is 8.70. The molecule has 0 radical (unpaired) electrons. The Kier molecular flexibility index (Phi) is 6.59. The lowest BCUT2D eigenvalue weighted by Crippen LogP contribution is -2.44.